The van der Waals surface area contributed by atoms with E-state index in [2.05, 4.69) is 15.7 Å². The summed E-state index contributed by atoms with van der Waals surface area (Å²) >= 11 is 0. The van der Waals surface area contributed by atoms with Gasteiger partial charge >= 0.3 is 6.18 Å². The van der Waals surface area contributed by atoms with Crippen LogP contribution in [0, 0.1) is 0 Å². The van der Waals surface area contributed by atoms with Crippen LogP contribution in [0.5, 0.6) is 11.5 Å². The Morgan fingerprint density at radius 2 is 1.82 bits per heavy atom. The van der Waals surface area contributed by atoms with E-state index in [9.17, 15) is 18.0 Å². The fraction of sp³-hybridized carbons (Fsp3) is 0.304. The summed E-state index contributed by atoms with van der Waals surface area (Å²) in [7, 11) is 2.96. The fourth-order valence-corrected chi connectivity index (χ4v) is 4.49. The Balaban J connectivity index is 1.56. The van der Waals surface area contributed by atoms with Crippen molar-refractivity contribution in [2.45, 2.75) is 31.2 Å². The second-order valence-electron chi connectivity index (χ2n) is 8.04. The molecule has 0 radical (unpaired) electrons. The van der Waals surface area contributed by atoms with Crippen LogP contribution in [0.25, 0.3) is 16.7 Å². The van der Waals surface area contributed by atoms with Gasteiger partial charge in [-0.25, -0.2) is 15.4 Å². The summed E-state index contributed by atoms with van der Waals surface area (Å²) in [6, 6.07) is 9.42. The van der Waals surface area contributed by atoms with Crippen LogP contribution < -0.4 is 20.2 Å². The molecule has 2 aliphatic heterocycles. The molecule has 2 aliphatic rings. The monoisotopic (exact) mass is 474 g/mol. The third kappa shape index (κ3) is 3.43. The smallest absolute Gasteiger partial charge is 0.406 e. The standard InChI is InChI=1S/C23H21F3N4O4/c1-11-16(21-28-18-14(33-3)5-4-6-15(18)34-21)22(31)30-20(27-11)17(19(29-30)23(24,25)26)12-7-9-13(32-2)10-8-12/h4-10,17,19-20,27,29H,1-3H3. The molecule has 3 unspecified atom stereocenters. The maximum absolute atomic E-state index is 14.0. The molecule has 1 amide bonds. The number of oxazole rings is 1. The number of rotatable bonds is 4. The molecular weight excluding hydrogens is 453 g/mol. The first-order valence-electron chi connectivity index (χ1n) is 10.4. The summed E-state index contributed by atoms with van der Waals surface area (Å²) in [5.41, 5.74) is 3.99. The van der Waals surface area contributed by atoms with Gasteiger partial charge in [-0.1, -0.05) is 18.2 Å². The molecule has 3 atom stereocenters. The molecule has 0 aliphatic carbocycles. The van der Waals surface area contributed by atoms with Crippen molar-refractivity contribution in [1.29, 1.82) is 0 Å². The number of carbonyl (C=O) groups is 1. The predicted molar refractivity (Wildman–Crippen MR) is 116 cm³/mol. The van der Waals surface area contributed by atoms with E-state index in [-0.39, 0.29) is 11.5 Å². The minimum absolute atomic E-state index is 0.00814. The summed E-state index contributed by atoms with van der Waals surface area (Å²) in [5.74, 6) is -0.804. The van der Waals surface area contributed by atoms with Crippen molar-refractivity contribution in [2.75, 3.05) is 14.2 Å². The Morgan fingerprint density at radius 3 is 2.47 bits per heavy atom. The van der Waals surface area contributed by atoms with E-state index < -0.39 is 30.2 Å². The van der Waals surface area contributed by atoms with Crippen molar-refractivity contribution >= 4 is 22.6 Å². The Bertz CT molecular complexity index is 1290. The lowest BCUT2D eigenvalue weighted by atomic mass is 9.89. The number of carbonyl (C=O) groups excluding carboxylic acids is 1. The second kappa shape index (κ2) is 7.94. The highest BCUT2D eigenvalue weighted by molar-refractivity contribution is 6.20. The normalized spacial score (nSPS) is 22.7. The van der Waals surface area contributed by atoms with E-state index in [1.165, 1.54) is 14.2 Å². The Morgan fingerprint density at radius 1 is 1.09 bits per heavy atom. The number of hydrazine groups is 1. The highest BCUT2D eigenvalue weighted by Crippen LogP contribution is 2.43. The summed E-state index contributed by atoms with van der Waals surface area (Å²) in [6.45, 7) is 1.61. The summed E-state index contributed by atoms with van der Waals surface area (Å²) in [5, 5.41) is 4.04. The van der Waals surface area contributed by atoms with E-state index in [0.717, 1.165) is 5.01 Å². The van der Waals surface area contributed by atoms with Crippen LogP contribution >= 0.6 is 0 Å². The third-order valence-electron chi connectivity index (χ3n) is 6.10. The number of hydrogen-bond acceptors (Lipinski definition) is 7. The van der Waals surface area contributed by atoms with Gasteiger partial charge in [0.15, 0.2) is 11.1 Å². The van der Waals surface area contributed by atoms with E-state index >= 15 is 0 Å². The number of amides is 1. The number of allylic oxidation sites excluding steroid dienone is 1. The lowest BCUT2D eigenvalue weighted by molar-refractivity contribution is -0.161. The number of para-hydroxylation sites is 1. The van der Waals surface area contributed by atoms with Gasteiger partial charge in [-0.2, -0.15) is 13.2 Å². The number of benzene rings is 2. The topological polar surface area (TPSA) is 88.9 Å². The van der Waals surface area contributed by atoms with E-state index in [1.807, 2.05) is 0 Å². The van der Waals surface area contributed by atoms with Crippen LogP contribution in [-0.2, 0) is 4.79 Å². The molecule has 1 fully saturated rings. The highest BCUT2D eigenvalue weighted by Gasteiger charge is 2.58. The fourth-order valence-electron chi connectivity index (χ4n) is 4.49. The number of ether oxygens (including phenoxy) is 2. The zero-order valence-corrected chi connectivity index (χ0v) is 18.4. The first kappa shape index (κ1) is 22.1. The molecule has 1 saturated heterocycles. The Hall–Kier alpha value is -3.73. The van der Waals surface area contributed by atoms with E-state index in [0.29, 0.717) is 33.9 Å². The third-order valence-corrected chi connectivity index (χ3v) is 6.10. The van der Waals surface area contributed by atoms with Crippen molar-refractivity contribution in [2.24, 2.45) is 0 Å². The van der Waals surface area contributed by atoms with Crippen LogP contribution in [0.15, 0.2) is 52.6 Å². The lowest BCUT2D eigenvalue weighted by Crippen LogP contribution is -2.54. The number of hydrogen-bond donors (Lipinski definition) is 2. The molecule has 8 nitrogen and oxygen atoms in total. The molecule has 0 spiro atoms. The predicted octanol–water partition coefficient (Wildman–Crippen LogP) is 3.57. The van der Waals surface area contributed by atoms with Gasteiger partial charge in [0.05, 0.1) is 20.1 Å². The molecule has 0 saturated carbocycles. The molecule has 11 heteroatoms. The molecule has 3 heterocycles. The van der Waals surface area contributed by atoms with Gasteiger partial charge < -0.3 is 19.2 Å². The van der Waals surface area contributed by atoms with Crippen LogP contribution in [0.3, 0.4) is 0 Å². The van der Waals surface area contributed by atoms with Crippen molar-refractivity contribution in [3.63, 3.8) is 0 Å². The van der Waals surface area contributed by atoms with E-state index in [1.54, 1.807) is 49.4 Å². The maximum Gasteiger partial charge on any atom is 0.406 e. The molecule has 5 rings (SSSR count). The van der Waals surface area contributed by atoms with Crippen molar-refractivity contribution in [3.8, 4) is 11.5 Å². The van der Waals surface area contributed by atoms with Crippen LogP contribution in [0.2, 0.25) is 0 Å². The van der Waals surface area contributed by atoms with Crippen LogP contribution in [0.1, 0.15) is 24.3 Å². The first-order valence-corrected chi connectivity index (χ1v) is 10.4. The zero-order valence-electron chi connectivity index (χ0n) is 18.4. The average Bonchev–Trinajstić information content (AvgIpc) is 3.41. The molecule has 34 heavy (non-hydrogen) atoms. The Labute approximate surface area is 192 Å². The molecule has 3 aromatic rings. The second-order valence-corrected chi connectivity index (χ2v) is 8.04. The number of alkyl halides is 3. The highest BCUT2D eigenvalue weighted by atomic mass is 19.4. The lowest BCUT2D eigenvalue weighted by Gasteiger charge is -2.34. The largest absolute Gasteiger partial charge is 0.497 e. The van der Waals surface area contributed by atoms with Crippen LogP contribution in [0.4, 0.5) is 13.2 Å². The number of fused-ring (bicyclic) bond motifs is 2. The van der Waals surface area contributed by atoms with E-state index in [4.69, 9.17) is 13.9 Å². The molecule has 1 aromatic heterocycles. The minimum Gasteiger partial charge on any atom is -0.497 e. The molecule has 2 aromatic carbocycles. The zero-order chi connectivity index (χ0) is 24.2. The van der Waals surface area contributed by atoms with Gasteiger partial charge in [0.2, 0.25) is 5.89 Å². The van der Waals surface area contributed by atoms with Gasteiger partial charge in [0.25, 0.3) is 5.91 Å². The van der Waals surface area contributed by atoms with Crippen LogP contribution in [-0.4, -0.2) is 48.5 Å². The van der Waals surface area contributed by atoms with Crippen molar-refractivity contribution in [3.05, 3.63) is 59.6 Å². The van der Waals surface area contributed by atoms with Gasteiger partial charge in [-0.05, 0) is 36.8 Å². The quantitative estimate of drug-likeness (QED) is 0.598. The van der Waals surface area contributed by atoms with Gasteiger partial charge in [0.1, 0.15) is 29.3 Å². The summed E-state index contributed by atoms with van der Waals surface area (Å²) in [6.07, 6.45) is -5.58. The van der Waals surface area contributed by atoms with Crippen molar-refractivity contribution in [1.82, 2.24) is 20.7 Å². The maximum atomic E-state index is 14.0. The number of methoxy groups -OCH3 is 2. The van der Waals surface area contributed by atoms with Gasteiger partial charge in [0, 0.05) is 5.70 Å². The molecule has 178 valence electrons. The SMILES string of the molecule is COc1ccc(C2C3NC(C)=C(c4nc5c(OC)cccc5o4)C(=O)N3NC2C(F)(F)F)cc1. The first-order chi connectivity index (χ1) is 16.2. The van der Waals surface area contributed by atoms with Crippen molar-refractivity contribution < 1.29 is 31.9 Å². The van der Waals surface area contributed by atoms with Gasteiger partial charge in [-0.3, -0.25) is 4.79 Å². The summed E-state index contributed by atoms with van der Waals surface area (Å²) < 4.78 is 58.3. The molecule has 2 N–H and O–H groups in total. The average molecular weight is 474 g/mol. The number of halogens is 3. The Kier molecular flexibility index (Phi) is 5.16. The molecule has 0 bridgehead atoms. The molecular formula is C23H21F3N4O4. The van der Waals surface area contributed by atoms with Gasteiger partial charge in [-0.15, -0.1) is 0 Å². The number of nitrogens with zero attached hydrogens (tertiary/aromatic N) is 2. The summed E-state index contributed by atoms with van der Waals surface area (Å²) in [4.78, 5) is 17.8. The minimum atomic E-state index is -4.61. The number of nitrogens with one attached hydrogen (secondary N) is 2. The number of aromatic nitrogens is 1.